The van der Waals surface area contributed by atoms with Gasteiger partial charge in [0.05, 0.1) is 17.6 Å². The standard InChI is InChI=1S/C29H33N3O5/c1-20(18-33)30-29(34)26-12-7-15-31(26)17-22-13-14-28(27(16-22)32(35)36)37-19-24-10-6-11-25(21(24)2)23-8-4-3-5-9-23/h3-6,8-11,13-14,16,20,26,33H,7,12,15,17-19H2,1-2H3,(H,30,34)/t20?,26-/m0/s1. The van der Waals surface area contributed by atoms with Crippen LogP contribution in [0.5, 0.6) is 5.75 Å². The lowest BCUT2D eigenvalue weighted by molar-refractivity contribution is -0.386. The smallest absolute Gasteiger partial charge is 0.311 e. The van der Waals surface area contributed by atoms with Crippen LogP contribution in [0.1, 0.15) is 36.5 Å². The summed E-state index contributed by atoms with van der Waals surface area (Å²) in [7, 11) is 0. The third-order valence-corrected chi connectivity index (χ3v) is 6.85. The maximum absolute atomic E-state index is 12.6. The summed E-state index contributed by atoms with van der Waals surface area (Å²) < 4.78 is 5.95. The van der Waals surface area contributed by atoms with Gasteiger partial charge < -0.3 is 15.2 Å². The Balaban J connectivity index is 1.48. The molecule has 1 fully saturated rings. The highest BCUT2D eigenvalue weighted by atomic mass is 16.6. The van der Waals surface area contributed by atoms with Crippen molar-refractivity contribution in [3.63, 3.8) is 0 Å². The van der Waals surface area contributed by atoms with Crippen LogP contribution in [0.15, 0.2) is 66.7 Å². The van der Waals surface area contributed by atoms with E-state index in [9.17, 15) is 20.0 Å². The molecule has 1 saturated heterocycles. The number of nitro benzene ring substituents is 1. The van der Waals surface area contributed by atoms with Crippen LogP contribution in [0.25, 0.3) is 11.1 Å². The summed E-state index contributed by atoms with van der Waals surface area (Å²) >= 11 is 0. The molecule has 2 N–H and O–H groups in total. The predicted molar refractivity (Wildman–Crippen MR) is 142 cm³/mol. The molecule has 2 atom stereocenters. The van der Waals surface area contributed by atoms with Crippen LogP contribution in [0.4, 0.5) is 5.69 Å². The van der Waals surface area contributed by atoms with E-state index in [4.69, 9.17) is 4.74 Å². The van der Waals surface area contributed by atoms with Crippen LogP contribution in [0.2, 0.25) is 0 Å². The number of amides is 1. The molecule has 8 heteroatoms. The van der Waals surface area contributed by atoms with Crippen LogP contribution in [-0.2, 0) is 17.9 Å². The van der Waals surface area contributed by atoms with Gasteiger partial charge in [-0.05, 0) is 67.1 Å². The molecule has 3 aromatic carbocycles. The molecule has 1 heterocycles. The van der Waals surface area contributed by atoms with E-state index in [-0.39, 0.29) is 42.6 Å². The summed E-state index contributed by atoms with van der Waals surface area (Å²) in [6, 6.07) is 20.4. The molecular weight excluding hydrogens is 470 g/mol. The normalized spacial score (nSPS) is 16.4. The Kier molecular flexibility index (Phi) is 8.53. The summed E-state index contributed by atoms with van der Waals surface area (Å²) in [5.74, 6) is 0.0901. The van der Waals surface area contributed by atoms with Gasteiger partial charge in [-0.25, -0.2) is 0 Å². The highest BCUT2D eigenvalue weighted by molar-refractivity contribution is 5.82. The van der Waals surface area contributed by atoms with Crippen LogP contribution >= 0.6 is 0 Å². The van der Waals surface area contributed by atoms with Gasteiger partial charge in [0, 0.05) is 18.7 Å². The average Bonchev–Trinajstić information content (AvgIpc) is 3.37. The number of hydrogen-bond acceptors (Lipinski definition) is 6. The summed E-state index contributed by atoms with van der Waals surface area (Å²) in [6.45, 7) is 5.02. The summed E-state index contributed by atoms with van der Waals surface area (Å²) in [5, 5.41) is 23.9. The number of benzene rings is 3. The van der Waals surface area contributed by atoms with Gasteiger partial charge in [0.2, 0.25) is 5.91 Å². The molecule has 0 bridgehead atoms. The Morgan fingerprint density at radius 1 is 1.19 bits per heavy atom. The minimum Gasteiger partial charge on any atom is -0.482 e. The van der Waals surface area contributed by atoms with E-state index in [2.05, 4.69) is 23.5 Å². The highest BCUT2D eigenvalue weighted by Crippen LogP contribution is 2.32. The van der Waals surface area contributed by atoms with Gasteiger partial charge >= 0.3 is 5.69 Å². The maximum atomic E-state index is 12.6. The molecule has 3 aromatic rings. The number of aliphatic hydroxyl groups excluding tert-OH is 1. The van der Waals surface area contributed by atoms with Gasteiger partial charge in [0.25, 0.3) is 0 Å². The van der Waals surface area contributed by atoms with Gasteiger partial charge in [0.15, 0.2) is 5.75 Å². The van der Waals surface area contributed by atoms with Crippen LogP contribution in [-0.4, -0.2) is 46.1 Å². The van der Waals surface area contributed by atoms with Crippen molar-refractivity contribution in [1.29, 1.82) is 0 Å². The van der Waals surface area contributed by atoms with E-state index < -0.39 is 4.92 Å². The molecule has 8 nitrogen and oxygen atoms in total. The fraction of sp³-hybridized carbons (Fsp3) is 0.345. The van der Waals surface area contributed by atoms with Crippen molar-refractivity contribution >= 4 is 11.6 Å². The molecule has 0 saturated carbocycles. The van der Waals surface area contributed by atoms with Crippen molar-refractivity contribution in [2.24, 2.45) is 0 Å². The van der Waals surface area contributed by atoms with Crippen LogP contribution in [0, 0.1) is 17.0 Å². The largest absolute Gasteiger partial charge is 0.482 e. The van der Waals surface area contributed by atoms with Crippen molar-refractivity contribution < 1.29 is 19.6 Å². The Morgan fingerprint density at radius 2 is 1.97 bits per heavy atom. The number of hydrogen-bond donors (Lipinski definition) is 2. The van der Waals surface area contributed by atoms with E-state index in [1.807, 2.05) is 48.2 Å². The zero-order valence-corrected chi connectivity index (χ0v) is 21.2. The summed E-state index contributed by atoms with van der Waals surface area (Å²) in [6.07, 6.45) is 1.59. The van der Waals surface area contributed by atoms with Gasteiger partial charge in [-0.1, -0.05) is 54.6 Å². The monoisotopic (exact) mass is 503 g/mol. The minimum absolute atomic E-state index is 0.0940. The first-order chi connectivity index (χ1) is 17.9. The fourth-order valence-electron chi connectivity index (χ4n) is 4.78. The first-order valence-electron chi connectivity index (χ1n) is 12.6. The van der Waals surface area contributed by atoms with Crippen molar-refractivity contribution in [1.82, 2.24) is 10.2 Å². The number of likely N-dealkylation sites (tertiary alicyclic amines) is 1. The first kappa shape index (κ1) is 26.3. The lowest BCUT2D eigenvalue weighted by atomic mass is 9.97. The van der Waals surface area contributed by atoms with Crippen molar-refractivity contribution in [3.8, 4) is 16.9 Å². The molecular formula is C29H33N3O5. The second-order valence-corrected chi connectivity index (χ2v) is 9.52. The number of nitrogens with zero attached hydrogens (tertiary/aromatic N) is 2. The number of aliphatic hydroxyl groups is 1. The molecule has 1 unspecified atom stereocenters. The zero-order chi connectivity index (χ0) is 26.4. The highest BCUT2D eigenvalue weighted by Gasteiger charge is 2.31. The van der Waals surface area contributed by atoms with E-state index in [1.54, 1.807) is 13.0 Å². The molecule has 0 radical (unpaired) electrons. The van der Waals surface area contributed by atoms with Gasteiger partial charge in [-0.15, -0.1) is 0 Å². The first-order valence-corrected chi connectivity index (χ1v) is 12.6. The molecule has 194 valence electrons. The van der Waals surface area contributed by atoms with E-state index in [0.29, 0.717) is 13.0 Å². The predicted octanol–water partition coefficient (Wildman–Crippen LogP) is 4.61. The third-order valence-electron chi connectivity index (χ3n) is 6.85. The molecule has 1 amide bonds. The average molecular weight is 504 g/mol. The van der Waals surface area contributed by atoms with E-state index in [0.717, 1.165) is 40.8 Å². The number of ether oxygens (including phenoxy) is 1. The van der Waals surface area contributed by atoms with Crippen molar-refractivity contribution in [2.75, 3.05) is 13.2 Å². The lowest BCUT2D eigenvalue weighted by Gasteiger charge is -2.25. The maximum Gasteiger partial charge on any atom is 0.311 e. The topological polar surface area (TPSA) is 105 Å². The summed E-state index contributed by atoms with van der Waals surface area (Å²) in [4.78, 5) is 26.1. The zero-order valence-electron chi connectivity index (χ0n) is 21.2. The van der Waals surface area contributed by atoms with Crippen molar-refractivity contribution in [3.05, 3.63) is 93.5 Å². The number of nitro groups is 1. The Labute approximate surface area is 217 Å². The lowest BCUT2D eigenvalue weighted by Crippen LogP contribution is -2.46. The molecule has 0 aromatic heterocycles. The van der Waals surface area contributed by atoms with Gasteiger partial charge in [-0.3, -0.25) is 19.8 Å². The van der Waals surface area contributed by atoms with E-state index >= 15 is 0 Å². The molecule has 0 aliphatic carbocycles. The van der Waals surface area contributed by atoms with Gasteiger partial charge in [-0.2, -0.15) is 0 Å². The Bertz CT molecular complexity index is 1250. The second-order valence-electron chi connectivity index (χ2n) is 9.52. The van der Waals surface area contributed by atoms with Crippen LogP contribution < -0.4 is 10.1 Å². The third kappa shape index (κ3) is 6.34. The minimum atomic E-state index is -0.427. The number of rotatable bonds is 10. The number of carbonyl (C=O) groups is 1. The molecule has 0 spiro atoms. The Morgan fingerprint density at radius 3 is 2.70 bits per heavy atom. The molecule has 1 aliphatic rings. The molecule has 37 heavy (non-hydrogen) atoms. The van der Waals surface area contributed by atoms with Crippen LogP contribution in [0.3, 0.4) is 0 Å². The fourth-order valence-corrected chi connectivity index (χ4v) is 4.78. The molecule has 4 rings (SSSR count). The number of carbonyl (C=O) groups excluding carboxylic acids is 1. The quantitative estimate of drug-likeness (QED) is 0.309. The Hall–Kier alpha value is -3.75. The molecule has 1 aliphatic heterocycles. The van der Waals surface area contributed by atoms with Gasteiger partial charge in [0.1, 0.15) is 6.61 Å². The second kappa shape index (κ2) is 12.0. The van der Waals surface area contributed by atoms with E-state index in [1.165, 1.54) is 6.07 Å². The van der Waals surface area contributed by atoms with Crippen molar-refractivity contribution in [2.45, 2.75) is 51.9 Å². The SMILES string of the molecule is Cc1c(COc2ccc(CN3CCC[C@H]3C(=O)NC(C)CO)cc2[N+](=O)[O-])cccc1-c1ccccc1. The summed E-state index contributed by atoms with van der Waals surface area (Å²) in [5.41, 5.74) is 4.89. The number of nitrogens with one attached hydrogen (secondary N) is 1.